The van der Waals surface area contributed by atoms with E-state index >= 15 is 0 Å². The van der Waals surface area contributed by atoms with Gasteiger partial charge < -0.3 is 5.32 Å². The molecule has 0 aliphatic rings. The number of sulfone groups is 1. The predicted molar refractivity (Wildman–Crippen MR) is 81.0 cm³/mol. The van der Waals surface area contributed by atoms with Crippen LogP contribution in [0.3, 0.4) is 0 Å². The van der Waals surface area contributed by atoms with Crippen LogP contribution in [-0.4, -0.2) is 36.0 Å². The van der Waals surface area contributed by atoms with E-state index in [4.69, 9.17) is 11.6 Å². The summed E-state index contributed by atoms with van der Waals surface area (Å²) in [5.74, 6) is 0.743. The average molecular weight is 329 g/mol. The molecule has 1 N–H and O–H groups in total. The van der Waals surface area contributed by atoms with E-state index in [0.29, 0.717) is 30.1 Å². The molecule has 114 valence electrons. The molecule has 0 radical (unpaired) electrons. The second kappa shape index (κ2) is 6.55. The molecule has 0 spiro atoms. The Morgan fingerprint density at radius 2 is 2.14 bits per heavy atom. The van der Waals surface area contributed by atoms with Crippen LogP contribution in [0.15, 0.2) is 29.4 Å². The highest BCUT2D eigenvalue weighted by Gasteiger charge is 2.15. The van der Waals surface area contributed by atoms with Gasteiger partial charge in [0.1, 0.15) is 6.33 Å². The van der Waals surface area contributed by atoms with Gasteiger partial charge in [-0.3, -0.25) is 4.68 Å². The average Bonchev–Trinajstić information content (AvgIpc) is 2.80. The lowest BCUT2D eigenvalue weighted by Gasteiger charge is -2.10. The Labute approximate surface area is 129 Å². The van der Waals surface area contributed by atoms with Crippen molar-refractivity contribution in [2.75, 3.05) is 12.8 Å². The molecule has 0 aliphatic heterocycles. The maximum atomic E-state index is 11.8. The first kappa shape index (κ1) is 15.9. The van der Waals surface area contributed by atoms with Gasteiger partial charge in [-0.15, -0.1) is 0 Å². The van der Waals surface area contributed by atoms with E-state index in [0.717, 1.165) is 5.82 Å². The minimum Gasteiger partial charge on any atom is -0.312 e. The van der Waals surface area contributed by atoms with Gasteiger partial charge >= 0.3 is 0 Å². The molecule has 1 heterocycles. The van der Waals surface area contributed by atoms with Crippen molar-refractivity contribution < 1.29 is 8.42 Å². The van der Waals surface area contributed by atoms with Crippen LogP contribution < -0.4 is 5.32 Å². The number of halogens is 1. The number of nitrogens with zero attached hydrogens (tertiary/aromatic N) is 3. The van der Waals surface area contributed by atoms with Gasteiger partial charge in [0.15, 0.2) is 15.7 Å². The standard InChI is InChI=1S/C13H17ClN4O2S/c1-18-9-16-13(17-18)6-7-15-8-10-11(14)4-3-5-12(10)21(2,19)20/h3-5,9,15H,6-8H2,1-2H3. The van der Waals surface area contributed by atoms with E-state index in [9.17, 15) is 8.42 Å². The first-order valence-electron chi connectivity index (χ1n) is 6.40. The molecule has 6 nitrogen and oxygen atoms in total. The summed E-state index contributed by atoms with van der Waals surface area (Å²) in [6.45, 7) is 1.02. The van der Waals surface area contributed by atoms with E-state index in [2.05, 4.69) is 15.4 Å². The fraction of sp³-hybridized carbons (Fsp3) is 0.385. The van der Waals surface area contributed by atoms with Gasteiger partial charge in [-0.25, -0.2) is 13.4 Å². The smallest absolute Gasteiger partial charge is 0.175 e. The van der Waals surface area contributed by atoms with Crippen molar-refractivity contribution in [3.05, 3.63) is 40.9 Å². The van der Waals surface area contributed by atoms with Gasteiger partial charge in [0.05, 0.1) is 4.90 Å². The van der Waals surface area contributed by atoms with Gasteiger partial charge in [-0.05, 0) is 12.1 Å². The molecule has 2 rings (SSSR count). The number of benzene rings is 1. The molecule has 1 aromatic carbocycles. The summed E-state index contributed by atoms with van der Waals surface area (Å²) in [6, 6.07) is 4.89. The number of rotatable bonds is 6. The third-order valence-corrected chi connectivity index (χ3v) is 4.49. The Morgan fingerprint density at radius 3 is 2.76 bits per heavy atom. The molecule has 0 bridgehead atoms. The zero-order chi connectivity index (χ0) is 15.5. The molecule has 0 amide bonds. The predicted octanol–water partition coefficient (Wildman–Crippen LogP) is 1.20. The highest BCUT2D eigenvalue weighted by Crippen LogP contribution is 2.23. The molecule has 1 aromatic heterocycles. The van der Waals surface area contributed by atoms with Gasteiger partial charge in [0.25, 0.3) is 0 Å². The third kappa shape index (κ3) is 4.26. The van der Waals surface area contributed by atoms with Crippen LogP contribution in [0.25, 0.3) is 0 Å². The van der Waals surface area contributed by atoms with Crippen LogP contribution in [-0.2, 0) is 29.9 Å². The minimum atomic E-state index is -3.29. The molecule has 0 unspecified atom stereocenters. The van der Waals surface area contributed by atoms with Crippen LogP contribution in [0.1, 0.15) is 11.4 Å². The first-order valence-corrected chi connectivity index (χ1v) is 8.67. The summed E-state index contributed by atoms with van der Waals surface area (Å²) >= 11 is 6.10. The molecule has 8 heteroatoms. The zero-order valence-corrected chi connectivity index (χ0v) is 13.4. The number of hydrogen-bond donors (Lipinski definition) is 1. The van der Waals surface area contributed by atoms with Gasteiger partial charge in [0.2, 0.25) is 0 Å². The summed E-state index contributed by atoms with van der Waals surface area (Å²) in [5, 5.41) is 7.79. The highest BCUT2D eigenvalue weighted by molar-refractivity contribution is 7.90. The summed E-state index contributed by atoms with van der Waals surface area (Å²) in [6.07, 6.45) is 3.49. The Hall–Kier alpha value is -1.44. The largest absolute Gasteiger partial charge is 0.312 e. The zero-order valence-electron chi connectivity index (χ0n) is 11.9. The highest BCUT2D eigenvalue weighted by atomic mass is 35.5. The van der Waals surface area contributed by atoms with Crippen LogP contribution in [0.2, 0.25) is 5.02 Å². The Balaban J connectivity index is 2.00. The monoisotopic (exact) mass is 328 g/mol. The second-order valence-corrected chi connectivity index (χ2v) is 7.14. The Kier molecular flexibility index (Phi) is 4.97. The lowest BCUT2D eigenvalue weighted by atomic mass is 10.2. The third-order valence-electron chi connectivity index (χ3n) is 2.95. The summed E-state index contributed by atoms with van der Waals surface area (Å²) < 4.78 is 25.2. The molecule has 21 heavy (non-hydrogen) atoms. The quantitative estimate of drug-likeness (QED) is 0.806. The molecule has 0 fully saturated rings. The van der Waals surface area contributed by atoms with Gasteiger partial charge in [0, 0.05) is 43.4 Å². The Morgan fingerprint density at radius 1 is 1.38 bits per heavy atom. The maximum absolute atomic E-state index is 11.8. The molecular formula is C13H17ClN4O2S. The normalized spacial score (nSPS) is 11.8. The summed E-state index contributed by atoms with van der Waals surface area (Å²) in [4.78, 5) is 4.39. The van der Waals surface area contributed by atoms with E-state index < -0.39 is 9.84 Å². The fourth-order valence-electron chi connectivity index (χ4n) is 1.97. The van der Waals surface area contributed by atoms with Crippen molar-refractivity contribution >= 4 is 21.4 Å². The molecule has 0 aliphatic carbocycles. The number of aryl methyl sites for hydroxylation is 1. The van der Waals surface area contributed by atoms with Crippen molar-refractivity contribution in [2.45, 2.75) is 17.9 Å². The van der Waals surface area contributed by atoms with E-state index in [1.54, 1.807) is 29.2 Å². The van der Waals surface area contributed by atoms with Crippen molar-refractivity contribution in [1.29, 1.82) is 0 Å². The lowest BCUT2D eigenvalue weighted by Crippen LogP contribution is -2.19. The van der Waals surface area contributed by atoms with Crippen LogP contribution >= 0.6 is 11.6 Å². The van der Waals surface area contributed by atoms with E-state index in [1.807, 2.05) is 7.05 Å². The van der Waals surface area contributed by atoms with Gasteiger partial charge in [-0.2, -0.15) is 5.10 Å². The lowest BCUT2D eigenvalue weighted by molar-refractivity contribution is 0.598. The van der Waals surface area contributed by atoms with Crippen molar-refractivity contribution in [2.24, 2.45) is 7.05 Å². The summed E-state index contributed by atoms with van der Waals surface area (Å²) in [7, 11) is -1.48. The Bertz CT molecular complexity index is 728. The van der Waals surface area contributed by atoms with Crippen LogP contribution in [0.4, 0.5) is 0 Å². The fourth-order valence-corrected chi connectivity index (χ4v) is 3.22. The van der Waals surface area contributed by atoms with E-state index in [-0.39, 0.29) is 4.90 Å². The van der Waals surface area contributed by atoms with Crippen molar-refractivity contribution in [3.63, 3.8) is 0 Å². The van der Waals surface area contributed by atoms with Crippen LogP contribution in [0.5, 0.6) is 0 Å². The summed E-state index contributed by atoms with van der Waals surface area (Å²) in [5.41, 5.74) is 0.593. The number of hydrogen-bond acceptors (Lipinski definition) is 5. The molecular weight excluding hydrogens is 312 g/mol. The number of nitrogens with one attached hydrogen (secondary N) is 1. The van der Waals surface area contributed by atoms with E-state index in [1.165, 1.54) is 6.26 Å². The molecule has 0 saturated carbocycles. The van der Waals surface area contributed by atoms with Gasteiger partial charge in [-0.1, -0.05) is 17.7 Å². The molecule has 0 atom stereocenters. The molecule has 0 saturated heterocycles. The van der Waals surface area contributed by atoms with Crippen molar-refractivity contribution in [3.8, 4) is 0 Å². The van der Waals surface area contributed by atoms with Crippen molar-refractivity contribution in [1.82, 2.24) is 20.1 Å². The maximum Gasteiger partial charge on any atom is 0.175 e. The first-order chi connectivity index (χ1) is 9.88. The second-order valence-electron chi connectivity index (χ2n) is 4.75. The SMILES string of the molecule is Cn1cnc(CCNCc2c(Cl)cccc2S(C)(=O)=O)n1. The van der Waals surface area contributed by atoms with Crippen LogP contribution in [0, 0.1) is 0 Å². The number of aromatic nitrogens is 3. The minimum absolute atomic E-state index is 0.262. The molecule has 2 aromatic rings. The topological polar surface area (TPSA) is 76.9 Å².